The number of aryl methyl sites for hydroxylation is 1. The van der Waals surface area contributed by atoms with E-state index in [-0.39, 0.29) is 0 Å². The Morgan fingerprint density at radius 2 is 2.13 bits per heavy atom. The predicted octanol–water partition coefficient (Wildman–Crippen LogP) is 3.55. The first-order chi connectivity index (χ1) is 7.42. The van der Waals surface area contributed by atoms with E-state index in [1.807, 2.05) is 6.08 Å². The zero-order chi connectivity index (χ0) is 10.5. The van der Waals surface area contributed by atoms with Crippen LogP contribution in [0.1, 0.15) is 30.4 Å². The van der Waals surface area contributed by atoms with Gasteiger partial charge in [0.2, 0.25) is 0 Å². The Bertz CT molecular complexity index is 341. The maximum absolute atomic E-state index is 3.74. The molecule has 0 radical (unpaired) electrons. The van der Waals surface area contributed by atoms with Crippen LogP contribution in [0.3, 0.4) is 0 Å². The van der Waals surface area contributed by atoms with Gasteiger partial charge in [-0.1, -0.05) is 18.2 Å². The van der Waals surface area contributed by atoms with Gasteiger partial charge in [0, 0.05) is 12.2 Å². The highest BCUT2D eigenvalue weighted by atomic mass is 14.9. The molecule has 1 aliphatic rings. The Morgan fingerprint density at radius 1 is 1.27 bits per heavy atom. The maximum Gasteiger partial charge on any atom is 0.0375 e. The zero-order valence-electron chi connectivity index (χ0n) is 9.26. The molecule has 80 valence electrons. The van der Waals surface area contributed by atoms with E-state index < -0.39 is 0 Å². The molecule has 0 heterocycles. The SMILES string of the molecule is C=CCCNc1cccc2c1CCCC2. The van der Waals surface area contributed by atoms with Crippen molar-refractivity contribution in [3.05, 3.63) is 42.0 Å². The fourth-order valence-corrected chi connectivity index (χ4v) is 2.26. The van der Waals surface area contributed by atoms with Gasteiger partial charge in [-0.05, 0) is 49.3 Å². The minimum absolute atomic E-state index is 1.000. The van der Waals surface area contributed by atoms with Crippen LogP contribution < -0.4 is 5.32 Å². The highest BCUT2D eigenvalue weighted by Gasteiger charge is 2.11. The van der Waals surface area contributed by atoms with Crippen LogP contribution in [0.4, 0.5) is 5.69 Å². The molecule has 0 bridgehead atoms. The molecule has 2 rings (SSSR count). The van der Waals surface area contributed by atoms with Gasteiger partial charge in [0.05, 0.1) is 0 Å². The number of nitrogens with one attached hydrogen (secondary N) is 1. The second kappa shape index (κ2) is 5.01. The maximum atomic E-state index is 3.74. The summed E-state index contributed by atoms with van der Waals surface area (Å²) in [5.41, 5.74) is 4.44. The second-order valence-electron chi connectivity index (χ2n) is 4.15. The minimum Gasteiger partial charge on any atom is -0.385 e. The van der Waals surface area contributed by atoms with E-state index in [9.17, 15) is 0 Å². The molecule has 0 saturated heterocycles. The molecular formula is C14H19N. The minimum atomic E-state index is 1.000. The van der Waals surface area contributed by atoms with E-state index in [1.165, 1.54) is 31.4 Å². The van der Waals surface area contributed by atoms with Crippen LogP contribution in [0.2, 0.25) is 0 Å². The lowest BCUT2D eigenvalue weighted by Crippen LogP contribution is -2.09. The molecule has 1 nitrogen and oxygen atoms in total. The molecule has 0 unspecified atom stereocenters. The Balaban J connectivity index is 2.12. The quantitative estimate of drug-likeness (QED) is 0.580. The normalized spacial score (nSPS) is 14.4. The van der Waals surface area contributed by atoms with Gasteiger partial charge in [-0.25, -0.2) is 0 Å². The van der Waals surface area contributed by atoms with Crippen molar-refractivity contribution in [2.45, 2.75) is 32.1 Å². The summed E-state index contributed by atoms with van der Waals surface area (Å²) in [7, 11) is 0. The van der Waals surface area contributed by atoms with Gasteiger partial charge in [-0.2, -0.15) is 0 Å². The van der Waals surface area contributed by atoms with Gasteiger partial charge in [0.15, 0.2) is 0 Å². The third-order valence-corrected chi connectivity index (χ3v) is 3.06. The molecule has 1 aliphatic carbocycles. The van der Waals surface area contributed by atoms with Gasteiger partial charge < -0.3 is 5.32 Å². The summed E-state index contributed by atoms with van der Waals surface area (Å²) >= 11 is 0. The van der Waals surface area contributed by atoms with Crippen LogP contribution in [-0.2, 0) is 12.8 Å². The summed E-state index contributed by atoms with van der Waals surface area (Å²) in [6, 6.07) is 6.64. The highest BCUT2D eigenvalue weighted by molar-refractivity contribution is 5.55. The Morgan fingerprint density at radius 3 is 3.00 bits per heavy atom. The lowest BCUT2D eigenvalue weighted by atomic mass is 9.90. The molecule has 0 fully saturated rings. The van der Waals surface area contributed by atoms with Crippen molar-refractivity contribution in [3.8, 4) is 0 Å². The van der Waals surface area contributed by atoms with Gasteiger partial charge in [0.1, 0.15) is 0 Å². The molecule has 0 saturated carbocycles. The molecule has 15 heavy (non-hydrogen) atoms. The van der Waals surface area contributed by atoms with Gasteiger partial charge in [0.25, 0.3) is 0 Å². The first kappa shape index (κ1) is 10.3. The van der Waals surface area contributed by atoms with Gasteiger partial charge in [-0.15, -0.1) is 6.58 Å². The third-order valence-electron chi connectivity index (χ3n) is 3.06. The van der Waals surface area contributed by atoms with Crippen LogP contribution in [-0.4, -0.2) is 6.54 Å². The molecule has 0 atom stereocenters. The van der Waals surface area contributed by atoms with Crippen LogP contribution in [0.15, 0.2) is 30.9 Å². The third kappa shape index (κ3) is 2.41. The topological polar surface area (TPSA) is 12.0 Å². The molecule has 0 spiro atoms. The van der Waals surface area contributed by atoms with Crippen LogP contribution in [0.5, 0.6) is 0 Å². The monoisotopic (exact) mass is 201 g/mol. The van der Waals surface area contributed by atoms with E-state index in [4.69, 9.17) is 0 Å². The van der Waals surface area contributed by atoms with Crippen LogP contribution in [0.25, 0.3) is 0 Å². The predicted molar refractivity (Wildman–Crippen MR) is 66.4 cm³/mol. The fourth-order valence-electron chi connectivity index (χ4n) is 2.26. The number of benzene rings is 1. The zero-order valence-corrected chi connectivity index (χ0v) is 9.26. The van der Waals surface area contributed by atoms with Gasteiger partial charge >= 0.3 is 0 Å². The smallest absolute Gasteiger partial charge is 0.0375 e. The first-order valence-electron chi connectivity index (χ1n) is 5.87. The molecule has 1 heteroatoms. The van der Waals surface area contributed by atoms with Crippen molar-refractivity contribution in [1.29, 1.82) is 0 Å². The summed E-state index contributed by atoms with van der Waals surface area (Å²) in [6.45, 7) is 4.74. The average molecular weight is 201 g/mol. The van der Waals surface area contributed by atoms with E-state index >= 15 is 0 Å². The fraction of sp³-hybridized carbons (Fsp3) is 0.429. The van der Waals surface area contributed by atoms with Crippen molar-refractivity contribution in [3.63, 3.8) is 0 Å². The van der Waals surface area contributed by atoms with Crippen LogP contribution in [0, 0.1) is 0 Å². The van der Waals surface area contributed by atoms with E-state index in [2.05, 4.69) is 30.1 Å². The number of fused-ring (bicyclic) bond motifs is 1. The summed E-state index contributed by atoms with van der Waals surface area (Å²) in [5, 5.41) is 3.50. The Hall–Kier alpha value is -1.24. The molecule has 1 aromatic rings. The lowest BCUT2D eigenvalue weighted by Gasteiger charge is -2.19. The van der Waals surface area contributed by atoms with E-state index in [0.717, 1.165) is 13.0 Å². The average Bonchev–Trinajstić information content (AvgIpc) is 2.30. The molecule has 0 aromatic heterocycles. The Kier molecular flexibility index (Phi) is 3.44. The van der Waals surface area contributed by atoms with Crippen molar-refractivity contribution in [2.24, 2.45) is 0 Å². The van der Waals surface area contributed by atoms with E-state index in [0.29, 0.717) is 0 Å². The lowest BCUT2D eigenvalue weighted by molar-refractivity contribution is 0.686. The number of rotatable bonds is 4. The van der Waals surface area contributed by atoms with Crippen LogP contribution >= 0.6 is 0 Å². The second-order valence-corrected chi connectivity index (χ2v) is 4.15. The molecule has 1 aromatic carbocycles. The van der Waals surface area contributed by atoms with Crippen molar-refractivity contribution < 1.29 is 0 Å². The Labute approximate surface area is 92.2 Å². The van der Waals surface area contributed by atoms with Crippen molar-refractivity contribution >= 4 is 5.69 Å². The number of hydrogen-bond acceptors (Lipinski definition) is 1. The number of hydrogen-bond donors (Lipinski definition) is 1. The van der Waals surface area contributed by atoms with Crippen molar-refractivity contribution in [1.82, 2.24) is 0 Å². The summed E-state index contributed by atoms with van der Waals surface area (Å²) < 4.78 is 0. The molecule has 1 N–H and O–H groups in total. The van der Waals surface area contributed by atoms with E-state index in [1.54, 1.807) is 11.1 Å². The largest absolute Gasteiger partial charge is 0.385 e. The van der Waals surface area contributed by atoms with Crippen molar-refractivity contribution in [2.75, 3.05) is 11.9 Å². The summed E-state index contributed by atoms with van der Waals surface area (Å²) in [4.78, 5) is 0. The number of anilines is 1. The first-order valence-corrected chi connectivity index (χ1v) is 5.87. The molecule has 0 aliphatic heterocycles. The highest BCUT2D eigenvalue weighted by Crippen LogP contribution is 2.27. The molecule has 0 amide bonds. The summed E-state index contributed by atoms with van der Waals surface area (Å²) in [6.07, 6.45) is 8.18. The summed E-state index contributed by atoms with van der Waals surface area (Å²) in [5.74, 6) is 0. The standard InChI is InChI=1S/C14H19N/c1-2-3-11-15-14-10-6-8-12-7-4-5-9-13(12)14/h2,6,8,10,15H,1,3-5,7,9,11H2. The van der Waals surface area contributed by atoms with Gasteiger partial charge in [-0.3, -0.25) is 0 Å². The molecular weight excluding hydrogens is 182 g/mol.